The summed E-state index contributed by atoms with van der Waals surface area (Å²) in [6, 6.07) is 9.86. The molecule has 1 heterocycles. The van der Waals surface area contributed by atoms with Crippen LogP contribution < -0.4 is 5.32 Å². The molecule has 0 saturated heterocycles. The van der Waals surface area contributed by atoms with Crippen molar-refractivity contribution in [2.45, 2.75) is 9.79 Å². The smallest absolute Gasteiger partial charge is 0.270 e. The number of nitrogens with one attached hydrogen (secondary N) is 2. The molecule has 0 spiro atoms. The van der Waals surface area contributed by atoms with Crippen molar-refractivity contribution < 1.29 is 4.79 Å². The molecule has 0 atom stereocenters. The van der Waals surface area contributed by atoms with Gasteiger partial charge in [-0.3, -0.25) is 9.89 Å². The minimum Gasteiger partial charge on any atom is -0.354 e. The minimum atomic E-state index is -0.157. The number of hydrogen-bond donors (Lipinski definition) is 2. The van der Waals surface area contributed by atoms with E-state index in [4.69, 9.17) is 0 Å². The van der Waals surface area contributed by atoms with Gasteiger partial charge in [-0.15, -0.1) is 0 Å². The van der Waals surface area contributed by atoms with Gasteiger partial charge in [0.15, 0.2) is 0 Å². The highest BCUT2D eigenvalue weighted by molar-refractivity contribution is 7.99. The van der Waals surface area contributed by atoms with E-state index in [1.54, 1.807) is 13.2 Å². The van der Waals surface area contributed by atoms with E-state index in [0.29, 0.717) is 5.69 Å². The van der Waals surface area contributed by atoms with Crippen LogP contribution in [0.4, 0.5) is 0 Å². The molecule has 82 valence electrons. The highest BCUT2D eigenvalue weighted by atomic mass is 32.2. The lowest BCUT2D eigenvalue weighted by atomic mass is 10.4. The molecule has 0 fully saturated rings. The summed E-state index contributed by atoms with van der Waals surface area (Å²) in [6.45, 7) is 0. The topological polar surface area (TPSA) is 57.8 Å². The van der Waals surface area contributed by atoms with E-state index in [1.165, 1.54) is 11.8 Å². The third-order valence-electron chi connectivity index (χ3n) is 2.03. The molecule has 0 saturated carbocycles. The van der Waals surface area contributed by atoms with Gasteiger partial charge in [0.1, 0.15) is 5.69 Å². The van der Waals surface area contributed by atoms with Crippen molar-refractivity contribution in [3.05, 3.63) is 42.2 Å². The van der Waals surface area contributed by atoms with Crippen molar-refractivity contribution in [3.63, 3.8) is 0 Å². The van der Waals surface area contributed by atoms with Crippen LogP contribution in [-0.2, 0) is 0 Å². The van der Waals surface area contributed by atoms with E-state index < -0.39 is 0 Å². The SMILES string of the molecule is CNC(=O)c1[nH]ncc1Sc1ccccc1. The predicted octanol–water partition coefficient (Wildman–Crippen LogP) is 1.92. The normalized spacial score (nSPS) is 10.1. The first-order valence-electron chi connectivity index (χ1n) is 4.79. The number of aromatic amines is 1. The molecule has 0 radical (unpaired) electrons. The predicted molar refractivity (Wildman–Crippen MR) is 62.5 cm³/mol. The largest absolute Gasteiger partial charge is 0.354 e. The van der Waals surface area contributed by atoms with E-state index >= 15 is 0 Å². The first-order valence-corrected chi connectivity index (χ1v) is 5.61. The number of hydrogen-bond acceptors (Lipinski definition) is 3. The Bertz CT molecular complexity index is 481. The van der Waals surface area contributed by atoms with Gasteiger partial charge in [0.2, 0.25) is 0 Å². The fourth-order valence-electron chi connectivity index (χ4n) is 1.26. The van der Waals surface area contributed by atoms with Gasteiger partial charge in [0.05, 0.1) is 11.1 Å². The lowest BCUT2D eigenvalue weighted by Crippen LogP contribution is -2.18. The maximum Gasteiger partial charge on any atom is 0.270 e. The average molecular weight is 233 g/mol. The van der Waals surface area contributed by atoms with E-state index in [2.05, 4.69) is 15.5 Å². The minimum absolute atomic E-state index is 0.157. The Morgan fingerprint density at radius 2 is 2.12 bits per heavy atom. The molecule has 0 bridgehead atoms. The zero-order valence-corrected chi connectivity index (χ0v) is 9.54. The molecule has 2 N–H and O–H groups in total. The molecule has 1 amide bonds. The van der Waals surface area contributed by atoms with Gasteiger partial charge in [0, 0.05) is 11.9 Å². The van der Waals surface area contributed by atoms with Gasteiger partial charge in [0.25, 0.3) is 5.91 Å². The van der Waals surface area contributed by atoms with Crippen LogP contribution in [0.1, 0.15) is 10.5 Å². The lowest BCUT2D eigenvalue weighted by Gasteiger charge is -2.01. The quantitative estimate of drug-likeness (QED) is 0.851. The Labute approximate surface area is 97.5 Å². The van der Waals surface area contributed by atoms with Crippen molar-refractivity contribution >= 4 is 17.7 Å². The number of H-pyrrole nitrogens is 1. The highest BCUT2D eigenvalue weighted by Gasteiger charge is 2.12. The summed E-state index contributed by atoms with van der Waals surface area (Å²) in [7, 11) is 1.60. The Balaban J connectivity index is 2.22. The zero-order valence-electron chi connectivity index (χ0n) is 8.73. The number of amides is 1. The van der Waals surface area contributed by atoms with Crippen molar-refractivity contribution in [3.8, 4) is 0 Å². The van der Waals surface area contributed by atoms with E-state index in [1.807, 2.05) is 30.3 Å². The van der Waals surface area contributed by atoms with Crippen molar-refractivity contribution in [2.24, 2.45) is 0 Å². The molecule has 4 nitrogen and oxygen atoms in total. The van der Waals surface area contributed by atoms with Gasteiger partial charge >= 0.3 is 0 Å². The van der Waals surface area contributed by atoms with Crippen molar-refractivity contribution in [1.29, 1.82) is 0 Å². The summed E-state index contributed by atoms with van der Waals surface area (Å²) >= 11 is 1.51. The fourth-order valence-corrected chi connectivity index (χ4v) is 2.15. The standard InChI is InChI=1S/C11H11N3OS/c1-12-11(15)10-9(7-13-14-10)16-8-5-3-2-4-6-8/h2-7H,1H3,(H,12,15)(H,13,14). The summed E-state index contributed by atoms with van der Waals surface area (Å²) < 4.78 is 0. The second-order valence-electron chi connectivity index (χ2n) is 3.10. The number of aromatic nitrogens is 2. The molecule has 2 rings (SSSR count). The van der Waals surface area contributed by atoms with Gasteiger partial charge in [-0.25, -0.2) is 0 Å². The summed E-state index contributed by atoms with van der Waals surface area (Å²) in [5.74, 6) is -0.157. The Morgan fingerprint density at radius 1 is 1.38 bits per heavy atom. The van der Waals surface area contributed by atoms with E-state index in [0.717, 1.165) is 9.79 Å². The first kappa shape index (κ1) is 10.8. The van der Waals surface area contributed by atoms with E-state index in [9.17, 15) is 4.79 Å². The van der Waals surface area contributed by atoms with Gasteiger partial charge in [-0.05, 0) is 12.1 Å². The third kappa shape index (κ3) is 2.25. The van der Waals surface area contributed by atoms with Gasteiger partial charge < -0.3 is 5.32 Å². The zero-order chi connectivity index (χ0) is 11.4. The van der Waals surface area contributed by atoms with Crippen LogP contribution in [0.15, 0.2) is 46.3 Å². The molecular formula is C11H11N3OS. The van der Waals surface area contributed by atoms with Crippen LogP contribution in [0.3, 0.4) is 0 Å². The molecule has 1 aromatic carbocycles. The lowest BCUT2D eigenvalue weighted by molar-refractivity contribution is 0.0955. The molecule has 0 aliphatic heterocycles. The molecule has 16 heavy (non-hydrogen) atoms. The summed E-state index contributed by atoms with van der Waals surface area (Å²) in [6.07, 6.45) is 1.66. The number of benzene rings is 1. The maximum atomic E-state index is 11.5. The Hall–Kier alpha value is -1.75. The molecule has 0 aliphatic carbocycles. The average Bonchev–Trinajstić information content (AvgIpc) is 2.77. The number of nitrogens with zero attached hydrogens (tertiary/aromatic N) is 1. The van der Waals surface area contributed by atoms with Crippen LogP contribution in [0.2, 0.25) is 0 Å². The number of carbonyl (C=O) groups excluding carboxylic acids is 1. The van der Waals surface area contributed by atoms with Crippen molar-refractivity contribution in [1.82, 2.24) is 15.5 Å². The monoisotopic (exact) mass is 233 g/mol. The van der Waals surface area contributed by atoms with Crippen molar-refractivity contribution in [2.75, 3.05) is 7.05 Å². The van der Waals surface area contributed by atoms with Gasteiger partial charge in [-0.2, -0.15) is 5.10 Å². The molecular weight excluding hydrogens is 222 g/mol. The molecule has 2 aromatic rings. The van der Waals surface area contributed by atoms with Crippen LogP contribution in [0, 0.1) is 0 Å². The summed E-state index contributed by atoms with van der Waals surface area (Å²) in [5, 5.41) is 9.14. The highest BCUT2D eigenvalue weighted by Crippen LogP contribution is 2.28. The second kappa shape index (κ2) is 4.85. The first-order chi connectivity index (χ1) is 7.81. The molecule has 0 aliphatic rings. The summed E-state index contributed by atoms with van der Waals surface area (Å²) in [4.78, 5) is 13.4. The second-order valence-corrected chi connectivity index (χ2v) is 4.22. The van der Waals surface area contributed by atoms with Crippen LogP contribution >= 0.6 is 11.8 Å². The Kier molecular flexibility index (Phi) is 3.26. The number of carbonyl (C=O) groups is 1. The van der Waals surface area contributed by atoms with Crippen LogP contribution in [0.5, 0.6) is 0 Å². The molecule has 5 heteroatoms. The molecule has 0 unspecified atom stereocenters. The van der Waals surface area contributed by atoms with Gasteiger partial charge in [-0.1, -0.05) is 30.0 Å². The fraction of sp³-hybridized carbons (Fsp3) is 0.0909. The molecule has 1 aromatic heterocycles. The van der Waals surface area contributed by atoms with E-state index in [-0.39, 0.29) is 5.91 Å². The maximum absolute atomic E-state index is 11.5. The van der Waals surface area contributed by atoms with Crippen LogP contribution in [0.25, 0.3) is 0 Å². The third-order valence-corrected chi connectivity index (χ3v) is 3.07. The summed E-state index contributed by atoms with van der Waals surface area (Å²) in [5.41, 5.74) is 0.497. The van der Waals surface area contributed by atoms with Crippen LogP contribution in [-0.4, -0.2) is 23.2 Å². The Morgan fingerprint density at radius 3 is 2.81 bits per heavy atom. The number of rotatable bonds is 3.